The van der Waals surface area contributed by atoms with Gasteiger partial charge in [-0.05, 0) is 19.1 Å². The number of rotatable bonds is 6. The van der Waals surface area contributed by atoms with Crippen LogP contribution in [0.1, 0.15) is 19.8 Å². The topological polar surface area (TPSA) is 69.1 Å². The molecular weight excluding hydrogens is 296 g/mol. The summed E-state index contributed by atoms with van der Waals surface area (Å²) in [6.45, 7) is 4.28. The van der Waals surface area contributed by atoms with E-state index in [4.69, 9.17) is 9.47 Å². The fourth-order valence-electron chi connectivity index (χ4n) is 2.83. The van der Waals surface area contributed by atoms with Gasteiger partial charge in [0.2, 0.25) is 0 Å². The Bertz CT molecular complexity index is 539. The maximum atomic E-state index is 12.1. The van der Waals surface area contributed by atoms with Crippen LogP contribution in [0.15, 0.2) is 24.3 Å². The second-order valence-corrected chi connectivity index (χ2v) is 5.73. The summed E-state index contributed by atoms with van der Waals surface area (Å²) in [4.78, 5) is 25.0. The molecule has 0 saturated carbocycles. The zero-order valence-corrected chi connectivity index (χ0v) is 13.8. The Hall–Kier alpha value is -2.08. The molecular formula is C17H25N2O4+. The van der Waals surface area contributed by atoms with E-state index in [2.05, 4.69) is 5.32 Å². The third kappa shape index (κ3) is 5.25. The van der Waals surface area contributed by atoms with Crippen molar-refractivity contribution in [3.63, 3.8) is 0 Å². The Morgan fingerprint density at radius 1 is 1.30 bits per heavy atom. The van der Waals surface area contributed by atoms with Crippen molar-refractivity contribution >= 4 is 17.6 Å². The number of hydrogen-bond acceptors (Lipinski definition) is 4. The molecule has 1 aromatic rings. The van der Waals surface area contributed by atoms with Crippen molar-refractivity contribution in [2.75, 3.05) is 38.7 Å². The fourth-order valence-corrected chi connectivity index (χ4v) is 2.83. The van der Waals surface area contributed by atoms with Gasteiger partial charge in [0.15, 0.2) is 6.54 Å². The molecule has 0 unspecified atom stereocenters. The first-order valence-electron chi connectivity index (χ1n) is 8.06. The molecule has 6 nitrogen and oxygen atoms in total. The normalized spacial score (nSPS) is 20.6. The van der Waals surface area contributed by atoms with E-state index in [9.17, 15) is 9.59 Å². The lowest BCUT2D eigenvalue weighted by Gasteiger charge is -2.27. The molecule has 2 N–H and O–H groups in total. The summed E-state index contributed by atoms with van der Waals surface area (Å²) in [5.74, 6) is 0.570. The van der Waals surface area contributed by atoms with Gasteiger partial charge >= 0.3 is 5.97 Å². The minimum Gasteiger partial charge on any atom is -0.497 e. The highest BCUT2D eigenvalue weighted by molar-refractivity contribution is 5.91. The van der Waals surface area contributed by atoms with E-state index in [1.807, 2.05) is 25.1 Å². The highest BCUT2D eigenvalue weighted by Crippen LogP contribution is 2.16. The molecule has 1 heterocycles. The van der Waals surface area contributed by atoms with Crippen molar-refractivity contribution < 1.29 is 24.0 Å². The number of carbonyl (C=O) groups excluding carboxylic acids is 2. The number of likely N-dealkylation sites (tertiary alicyclic amines) is 1. The second kappa shape index (κ2) is 8.53. The van der Waals surface area contributed by atoms with Gasteiger partial charge in [0.25, 0.3) is 5.91 Å². The summed E-state index contributed by atoms with van der Waals surface area (Å²) in [6, 6.07) is 7.30. The number of benzene rings is 1. The molecule has 1 fully saturated rings. The van der Waals surface area contributed by atoms with E-state index in [1.165, 1.54) is 4.90 Å². The van der Waals surface area contributed by atoms with Gasteiger partial charge in [-0.25, -0.2) is 0 Å². The molecule has 0 bridgehead atoms. The lowest BCUT2D eigenvalue weighted by atomic mass is 9.97. The first kappa shape index (κ1) is 17.3. The molecule has 1 saturated heterocycles. The van der Waals surface area contributed by atoms with Crippen LogP contribution in [-0.2, 0) is 14.3 Å². The monoisotopic (exact) mass is 321 g/mol. The van der Waals surface area contributed by atoms with Crippen LogP contribution < -0.4 is 15.0 Å². The number of ether oxygens (including phenoxy) is 2. The predicted molar refractivity (Wildman–Crippen MR) is 86.5 cm³/mol. The van der Waals surface area contributed by atoms with Crippen molar-refractivity contribution in [3.05, 3.63) is 24.3 Å². The van der Waals surface area contributed by atoms with Gasteiger partial charge in [-0.1, -0.05) is 6.07 Å². The van der Waals surface area contributed by atoms with Crippen molar-refractivity contribution in [2.24, 2.45) is 5.92 Å². The summed E-state index contributed by atoms with van der Waals surface area (Å²) < 4.78 is 10.2. The van der Waals surface area contributed by atoms with E-state index in [0.717, 1.165) is 31.6 Å². The number of quaternary nitrogens is 1. The number of anilines is 1. The molecule has 23 heavy (non-hydrogen) atoms. The Balaban J connectivity index is 1.77. The van der Waals surface area contributed by atoms with Crippen LogP contribution in [0.3, 0.4) is 0 Å². The lowest BCUT2D eigenvalue weighted by molar-refractivity contribution is -0.897. The molecule has 0 aromatic heterocycles. The average molecular weight is 321 g/mol. The number of piperidine rings is 1. The maximum Gasteiger partial charge on any atom is 0.309 e. The molecule has 1 aliphatic rings. The van der Waals surface area contributed by atoms with Crippen LogP contribution in [0.4, 0.5) is 5.69 Å². The Morgan fingerprint density at radius 2 is 2.04 bits per heavy atom. The van der Waals surface area contributed by atoms with E-state index < -0.39 is 0 Å². The minimum atomic E-state index is -0.104. The van der Waals surface area contributed by atoms with Gasteiger partial charge in [0.05, 0.1) is 32.7 Å². The largest absolute Gasteiger partial charge is 0.497 e. The molecule has 6 heteroatoms. The zero-order valence-electron chi connectivity index (χ0n) is 13.8. The molecule has 126 valence electrons. The zero-order chi connectivity index (χ0) is 16.7. The van der Waals surface area contributed by atoms with E-state index in [-0.39, 0.29) is 17.8 Å². The number of amides is 1. The van der Waals surface area contributed by atoms with Crippen LogP contribution in [0, 0.1) is 5.92 Å². The molecule has 0 atom stereocenters. The van der Waals surface area contributed by atoms with Gasteiger partial charge in [-0.15, -0.1) is 0 Å². The molecule has 1 amide bonds. The third-order valence-corrected chi connectivity index (χ3v) is 4.08. The quantitative estimate of drug-likeness (QED) is 0.748. The molecule has 1 aromatic carbocycles. The van der Waals surface area contributed by atoms with Crippen molar-refractivity contribution in [1.29, 1.82) is 0 Å². The van der Waals surface area contributed by atoms with Gasteiger partial charge in [0, 0.05) is 24.6 Å². The summed E-state index contributed by atoms with van der Waals surface area (Å²) in [7, 11) is 1.60. The van der Waals surface area contributed by atoms with E-state index in [1.54, 1.807) is 13.2 Å². The van der Waals surface area contributed by atoms with Crippen LogP contribution in [0.5, 0.6) is 5.75 Å². The standard InChI is InChI=1S/C17H24N2O4/c1-3-23-17(21)13-7-9-19(10-8-13)12-16(20)18-14-5-4-6-15(11-14)22-2/h4-6,11,13H,3,7-10,12H2,1-2H3,(H,18,20)/p+1. The number of carbonyl (C=O) groups is 2. The maximum absolute atomic E-state index is 12.1. The van der Waals surface area contributed by atoms with Crippen LogP contribution in [0.2, 0.25) is 0 Å². The second-order valence-electron chi connectivity index (χ2n) is 5.73. The SMILES string of the molecule is CCOC(=O)C1CC[NH+](CC(=O)Nc2cccc(OC)c2)CC1. The van der Waals surface area contributed by atoms with E-state index >= 15 is 0 Å². The predicted octanol–water partition coefficient (Wildman–Crippen LogP) is 0.492. The molecule has 2 rings (SSSR count). The number of esters is 1. The first-order valence-corrected chi connectivity index (χ1v) is 8.06. The first-order chi connectivity index (χ1) is 11.1. The van der Waals surface area contributed by atoms with Crippen LogP contribution >= 0.6 is 0 Å². The average Bonchev–Trinajstić information content (AvgIpc) is 2.55. The van der Waals surface area contributed by atoms with Crippen molar-refractivity contribution in [3.8, 4) is 5.75 Å². The van der Waals surface area contributed by atoms with Gasteiger partial charge in [-0.3, -0.25) is 9.59 Å². The fraction of sp³-hybridized carbons (Fsp3) is 0.529. The molecule has 0 radical (unpaired) electrons. The lowest BCUT2D eigenvalue weighted by Crippen LogP contribution is -3.14. The summed E-state index contributed by atoms with van der Waals surface area (Å²) in [5.41, 5.74) is 0.732. The Labute approximate surface area is 136 Å². The smallest absolute Gasteiger partial charge is 0.309 e. The Kier molecular flexibility index (Phi) is 6.40. The number of methoxy groups -OCH3 is 1. The molecule has 0 aliphatic carbocycles. The highest BCUT2D eigenvalue weighted by Gasteiger charge is 2.29. The number of nitrogens with one attached hydrogen (secondary N) is 2. The van der Waals surface area contributed by atoms with Crippen LogP contribution in [0.25, 0.3) is 0 Å². The Morgan fingerprint density at radius 3 is 2.70 bits per heavy atom. The van der Waals surface area contributed by atoms with Crippen molar-refractivity contribution in [1.82, 2.24) is 0 Å². The summed E-state index contributed by atoms with van der Waals surface area (Å²) in [6.07, 6.45) is 1.56. The number of hydrogen-bond donors (Lipinski definition) is 2. The van der Waals surface area contributed by atoms with Gasteiger partial charge in [-0.2, -0.15) is 0 Å². The molecule has 0 spiro atoms. The summed E-state index contributed by atoms with van der Waals surface area (Å²) in [5, 5.41) is 2.89. The minimum absolute atomic E-state index is 0.0138. The van der Waals surface area contributed by atoms with Crippen molar-refractivity contribution in [2.45, 2.75) is 19.8 Å². The van der Waals surface area contributed by atoms with Gasteiger partial charge < -0.3 is 19.7 Å². The summed E-state index contributed by atoms with van der Waals surface area (Å²) >= 11 is 0. The van der Waals surface area contributed by atoms with Crippen LogP contribution in [-0.4, -0.2) is 45.2 Å². The molecule has 1 aliphatic heterocycles. The van der Waals surface area contributed by atoms with Gasteiger partial charge in [0.1, 0.15) is 5.75 Å². The third-order valence-electron chi connectivity index (χ3n) is 4.08. The highest BCUT2D eigenvalue weighted by atomic mass is 16.5. The van der Waals surface area contributed by atoms with E-state index in [0.29, 0.717) is 18.9 Å².